The molecule has 0 bridgehead atoms. The van der Waals surface area contributed by atoms with Gasteiger partial charge in [-0.3, -0.25) is 0 Å². The first-order valence-corrected chi connectivity index (χ1v) is 6.03. The van der Waals surface area contributed by atoms with Crippen molar-refractivity contribution in [2.24, 2.45) is 0 Å². The molecule has 0 spiro atoms. The van der Waals surface area contributed by atoms with Crippen LogP contribution in [0.3, 0.4) is 0 Å². The molecule has 2 nitrogen and oxygen atoms in total. The molecule has 0 aliphatic heterocycles. The minimum Gasteiger partial charge on any atom is -0.392 e. The Morgan fingerprint density at radius 2 is 1.63 bits per heavy atom. The predicted octanol–water partition coefficient (Wildman–Crippen LogP) is 2.75. The normalized spacial score (nSPS) is 10.7. The van der Waals surface area contributed by atoms with E-state index in [4.69, 9.17) is 0 Å². The zero-order chi connectivity index (χ0) is 13.7. The molecule has 0 radical (unpaired) electrons. The molecule has 19 heavy (non-hydrogen) atoms. The van der Waals surface area contributed by atoms with Gasteiger partial charge in [-0.15, -0.1) is 0 Å². The Kier molecular flexibility index (Phi) is 4.60. The quantitative estimate of drug-likeness (QED) is 0.869. The van der Waals surface area contributed by atoms with Gasteiger partial charge in [-0.1, -0.05) is 30.3 Å². The van der Waals surface area contributed by atoms with E-state index in [0.717, 1.165) is 17.2 Å². The van der Waals surface area contributed by atoms with Gasteiger partial charge < -0.3 is 10.4 Å². The van der Waals surface area contributed by atoms with Gasteiger partial charge in [0.15, 0.2) is 11.6 Å². The van der Waals surface area contributed by atoms with Gasteiger partial charge in [0.25, 0.3) is 0 Å². The van der Waals surface area contributed by atoms with Crippen molar-refractivity contribution in [1.82, 2.24) is 5.32 Å². The molecule has 2 rings (SSSR count). The third kappa shape index (κ3) is 3.59. The highest BCUT2D eigenvalue weighted by Gasteiger charge is 2.03. The molecule has 0 saturated heterocycles. The zero-order valence-electron chi connectivity index (χ0n) is 10.4. The van der Waals surface area contributed by atoms with E-state index in [-0.39, 0.29) is 6.61 Å². The molecule has 0 amide bonds. The summed E-state index contributed by atoms with van der Waals surface area (Å²) in [5, 5.41) is 12.3. The second-order valence-electron chi connectivity index (χ2n) is 4.28. The van der Waals surface area contributed by atoms with Crippen LogP contribution in [-0.4, -0.2) is 5.11 Å². The monoisotopic (exact) mass is 263 g/mol. The average Bonchev–Trinajstić information content (AvgIpc) is 2.43. The average molecular weight is 263 g/mol. The maximum atomic E-state index is 13.0. The summed E-state index contributed by atoms with van der Waals surface area (Å²) in [6.45, 7) is 0.996. The number of rotatable bonds is 5. The highest BCUT2D eigenvalue weighted by atomic mass is 19.2. The van der Waals surface area contributed by atoms with Crippen LogP contribution in [0.15, 0.2) is 42.5 Å². The summed E-state index contributed by atoms with van der Waals surface area (Å²) in [6.07, 6.45) is 0. The summed E-state index contributed by atoms with van der Waals surface area (Å²) >= 11 is 0. The van der Waals surface area contributed by atoms with Crippen molar-refractivity contribution in [3.05, 3.63) is 70.8 Å². The predicted molar refractivity (Wildman–Crippen MR) is 69.3 cm³/mol. The fraction of sp³-hybridized carbons (Fsp3) is 0.200. The summed E-state index contributed by atoms with van der Waals surface area (Å²) < 4.78 is 25.8. The van der Waals surface area contributed by atoms with Crippen LogP contribution in [0.25, 0.3) is 0 Å². The third-order valence-corrected chi connectivity index (χ3v) is 2.92. The SMILES string of the molecule is OCc1ccccc1CNCc1ccc(F)c(F)c1. The fourth-order valence-corrected chi connectivity index (χ4v) is 1.88. The summed E-state index contributed by atoms with van der Waals surface area (Å²) in [5.74, 6) is -1.68. The molecule has 0 saturated carbocycles. The van der Waals surface area contributed by atoms with Crippen LogP contribution < -0.4 is 5.32 Å². The molecule has 4 heteroatoms. The van der Waals surface area contributed by atoms with Crippen LogP contribution in [-0.2, 0) is 19.7 Å². The first kappa shape index (κ1) is 13.6. The summed E-state index contributed by atoms with van der Waals surface area (Å²) in [4.78, 5) is 0. The van der Waals surface area contributed by atoms with Crippen LogP contribution in [0.2, 0.25) is 0 Å². The minimum absolute atomic E-state index is 0.0109. The highest BCUT2D eigenvalue weighted by molar-refractivity contribution is 5.26. The molecule has 0 atom stereocenters. The van der Waals surface area contributed by atoms with E-state index in [1.165, 1.54) is 6.07 Å². The van der Waals surface area contributed by atoms with Gasteiger partial charge >= 0.3 is 0 Å². The molecule has 0 aromatic heterocycles. The van der Waals surface area contributed by atoms with Crippen molar-refractivity contribution < 1.29 is 13.9 Å². The number of nitrogens with one attached hydrogen (secondary N) is 1. The van der Waals surface area contributed by atoms with Gasteiger partial charge in [-0.05, 0) is 28.8 Å². The molecule has 2 aromatic rings. The van der Waals surface area contributed by atoms with Crippen molar-refractivity contribution >= 4 is 0 Å². The van der Waals surface area contributed by atoms with Crippen molar-refractivity contribution in [3.63, 3.8) is 0 Å². The Morgan fingerprint density at radius 3 is 2.32 bits per heavy atom. The fourth-order valence-electron chi connectivity index (χ4n) is 1.88. The maximum absolute atomic E-state index is 13.0. The number of benzene rings is 2. The van der Waals surface area contributed by atoms with Gasteiger partial charge in [0.1, 0.15) is 0 Å². The topological polar surface area (TPSA) is 32.3 Å². The molecule has 0 aliphatic rings. The van der Waals surface area contributed by atoms with E-state index in [2.05, 4.69) is 5.32 Å². The maximum Gasteiger partial charge on any atom is 0.159 e. The van der Waals surface area contributed by atoms with Crippen molar-refractivity contribution in [2.75, 3.05) is 0 Å². The Bertz CT molecular complexity index is 558. The van der Waals surface area contributed by atoms with Crippen LogP contribution >= 0.6 is 0 Å². The first-order valence-electron chi connectivity index (χ1n) is 6.03. The lowest BCUT2D eigenvalue weighted by molar-refractivity contribution is 0.280. The van der Waals surface area contributed by atoms with E-state index >= 15 is 0 Å². The molecule has 0 fully saturated rings. The molecule has 100 valence electrons. The second kappa shape index (κ2) is 6.41. The van der Waals surface area contributed by atoms with Gasteiger partial charge in [0, 0.05) is 13.1 Å². The van der Waals surface area contributed by atoms with Gasteiger partial charge in [0.05, 0.1) is 6.61 Å². The molecule has 0 unspecified atom stereocenters. The van der Waals surface area contributed by atoms with Crippen LogP contribution in [0.4, 0.5) is 8.78 Å². The van der Waals surface area contributed by atoms with E-state index in [1.807, 2.05) is 24.3 Å². The van der Waals surface area contributed by atoms with Crippen LogP contribution in [0.5, 0.6) is 0 Å². The van der Waals surface area contributed by atoms with Crippen LogP contribution in [0, 0.1) is 11.6 Å². The number of aliphatic hydroxyl groups excluding tert-OH is 1. The van der Waals surface area contributed by atoms with Crippen LogP contribution in [0.1, 0.15) is 16.7 Å². The molecule has 0 aliphatic carbocycles. The molecular weight excluding hydrogens is 248 g/mol. The van der Waals surface area contributed by atoms with Gasteiger partial charge in [-0.25, -0.2) is 8.78 Å². The highest BCUT2D eigenvalue weighted by Crippen LogP contribution is 2.10. The number of aliphatic hydroxyl groups is 1. The molecule has 0 heterocycles. The second-order valence-corrected chi connectivity index (χ2v) is 4.28. The Morgan fingerprint density at radius 1 is 0.895 bits per heavy atom. The van der Waals surface area contributed by atoms with Crippen molar-refractivity contribution in [1.29, 1.82) is 0 Å². The van der Waals surface area contributed by atoms with Gasteiger partial charge in [-0.2, -0.15) is 0 Å². The summed E-state index contributed by atoms with van der Waals surface area (Å²) in [7, 11) is 0. The van der Waals surface area contributed by atoms with E-state index in [9.17, 15) is 13.9 Å². The summed E-state index contributed by atoms with van der Waals surface area (Å²) in [5.41, 5.74) is 2.54. The number of halogens is 2. The molecular formula is C15H15F2NO. The lowest BCUT2D eigenvalue weighted by Gasteiger charge is -2.09. The zero-order valence-corrected chi connectivity index (χ0v) is 10.4. The number of hydrogen-bond acceptors (Lipinski definition) is 2. The standard InChI is InChI=1S/C15H15F2NO/c16-14-6-5-11(7-15(14)17)8-18-9-12-3-1-2-4-13(12)10-19/h1-7,18-19H,8-10H2. The molecule has 2 aromatic carbocycles. The van der Waals surface area contributed by atoms with E-state index in [0.29, 0.717) is 18.7 Å². The van der Waals surface area contributed by atoms with Crippen molar-refractivity contribution in [2.45, 2.75) is 19.7 Å². The van der Waals surface area contributed by atoms with E-state index < -0.39 is 11.6 Å². The Balaban J connectivity index is 1.94. The number of hydrogen-bond donors (Lipinski definition) is 2. The van der Waals surface area contributed by atoms with Gasteiger partial charge in [0.2, 0.25) is 0 Å². The Hall–Kier alpha value is -1.78. The van der Waals surface area contributed by atoms with E-state index in [1.54, 1.807) is 6.07 Å². The minimum atomic E-state index is -0.839. The largest absolute Gasteiger partial charge is 0.392 e. The lowest BCUT2D eigenvalue weighted by Crippen LogP contribution is -2.14. The molecule has 2 N–H and O–H groups in total. The first-order chi connectivity index (χ1) is 9.20. The third-order valence-electron chi connectivity index (χ3n) is 2.92. The summed E-state index contributed by atoms with van der Waals surface area (Å²) in [6, 6.07) is 11.4. The smallest absolute Gasteiger partial charge is 0.159 e. The Labute approximate surface area is 110 Å². The lowest BCUT2D eigenvalue weighted by atomic mass is 10.1. The van der Waals surface area contributed by atoms with Crippen molar-refractivity contribution in [3.8, 4) is 0 Å².